The molecular formula is C21H24FN3O3. The summed E-state index contributed by atoms with van der Waals surface area (Å²) >= 11 is 0. The highest BCUT2D eigenvalue weighted by Crippen LogP contribution is 2.21. The van der Waals surface area contributed by atoms with Gasteiger partial charge >= 0.3 is 0 Å². The van der Waals surface area contributed by atoms with Crippen LogP contribution in [0.1, 0.15) is 20.7 Å². The zero-order valence-corrected chi connectivity index (χ0v) is 15.9. The molecule has 2 aromatic rings. The third-order valence-electron chi connectivity index (χ3n) is 4.71. The van der Waals surface area contributed by atoms with Crippen LogP contribution < -0.4 is 5.32 Å². The summed E-state index contributed by atoms with van der Waals surface area (Å²) in [5, 5.41) is 2.66. The fourth-order valence-corrected chi connectivity index (χ4v) is 3.04. The van der Waals surface area contributed by atoms with Gasteiger partial charge in [0.15, 0.2) is 0 Å². The molecule has 0 unspecified atom stereocenters. The third kappa shape index (κ3) is 4.94. The van der Waals surface area contributed by atoms with Crippen LogP contribution in [-0.2, 0) is 4.74 Å². The van der Waals surface area contributed by atoms with Crippen molar-refractivity contribution in [1.82, 2.24) is 9.80 Å². The molecule has 0 radical (unpaired) electrons. The van der Waals surface area contributed by atoms with Crippen molar-refractivity contribution >= 4 is 17.5 Å². The lowest BCUT2D eigenvalue weighted by atomic mass is 10.1. The van der Waals surface area contributed by atoms with Crippen LogP contribution in [0.4, 0.5) is 10.1 Å². The Labute approximate surface area is 163 Å². The van der Waals surface area contributed by atoms with Gasteiger partial charge in [0.05, 0.1) is 24.5 Å². The van der Waals surface area contributed by atoms with Gasteiger partial charge in [-0.25, -0.2) is 4.39 Å². The quantitative estimate of drug-likeness (QED) is 0.830. The molecule has 0 atom stereocenters. The van der Waals surface area contributed by atoms with Gasteiger partial charge in [0.2, 0.25) is 0 Å². The number of amides is 2. The van der Waals surface area contributed by atoms with E-state index < -0.39 is 17.6 Å². The summed E-state index contributed by atoms with van der Waals surface area (Å²) in [5.74, 6) is -1.51. The van der Waals surface area contributed by atoms with Crippen molar-refractivity contribution in [2.75, 3.05) is 51.8 Å². The van der Waals surface area contributed by atoms with Gasteiger partial charge < -0.3 is 15.0 Å². The summed E-state index contributed by atoms with van der Waals surface area (Å²) in [6.45, 7) is 4.15. The maximum Gasteiger partial charge on any atom is 0.258 e. The molecule has 0 saturated carbocycles. The number of carbonyl (C=O) groups excluding carboxylic acids is 2. The van der Waals surface area contributed by atoms with Gasteiger partial charge in [0.25, 0.3) is 11.8 Å². The molecule has 1 aliphatic heterocycles. The average molecular weight is 385 g/mol. The summed E-state index contributed by atoms with van der Waals surface area (Å²) in [7, 11) is 1.64. The Bertz CT molecular complexity index is 823. The number of carbonyl (C=O) groups is 2. The molecule has 6 nitrogen and oxygen atoms in total. The number of benzene rings is 2. The maximum atomic E-state index is 14.5. The third-order valence-corrected chi connectivity index (χ3v) is 4.71. The van der Waals surface area contributed by atoms with E-state index in [4.69, 9.17) is 4.74 Å². The zero-order chi connectivity index (χ0) is 19.9. The van der Waals surface area contributed by atoms with Crippen molar-refractivity contribution < 1.29 is 18.7 Å². The first kappa shape index (κ1) is 20.0. The van der Waals surface area contributed by atoms with Crippen molar-refractivity contribution in [3.05, 3.63) is 65.5 Å². The van der Waals surface area contributed by atoms with Crippen LogP contribution in [0.3, 0.4) is 0 Å². The monoisotopic (exact) mass is 385 g/mol. The van der Waals surface area contributed by atoms with Crippen LogP contribution >= 0.6 is 0 Å². The normalized spacial score (nSPS) is 14.5. The lowest BCUT2D eigenvalue weighted by Gasteiger charge is -2.28. The number of hydrogen-bond acceptors (Lipinski definition) is 4. The predicted molar refractivity (Wildman–Crippen MR) is 105 cm³/mol. The predicted octanol–water partition coefficient (Wildman–Crippen LogP) is 2.48. The Hall–Kier alpha value is -2.77. The lowest BCUT2D eigenvalue weighted by molar-refractivity contribution is 0.0338. The molecule has 1 saturated heterocycles. The number of likely N-dealkylation sites (N-methyl/N-ethyl adjacent to an activating group) is 1. The van der Waals surface area contributed by atoms with E-state index in [1.807, 2.05) is 0 Å². The Morgan fingerprint density at radius 3 is 2.54 bits per heavy atom. The minimum Gasteiger partial charge on any atom is -0.379 e. The number of morpholine rings is 1. The number of ether oxygens (including phenoxy) is 1. The standard InChI is InChI=1S/C21H24FN3O3/c1-24(10-11-25-12-14-28-15-13-25)21(27)19-17(22)8-5-9-18(19)23-20(26)16-6-3-2-4-7-16/h2-9H,10-15H2,1H3,(H,23,26). The van der Waals surface area contributed by atoms with Crippen molar-refractivity contribution in [2.24, 2.45) is 0 Å². The van der Waals surface area contributed by atoms with Gasteiger partial charge in [-0.1, -0.05) is 24.3 Å². The van der Waals surface area contributed by atoms with Crippen molar-refractivity contribution in [3.8, 4) is 0 Å². The number of halogens is 1. The lowest BCUT2D eigenvalue weighted by Crippen LogP contribution is -2.42. The van der Waals surface area contributed by atoms with Gasteiger partial charge in [-0.05, 0) is 24.3 Å². The molecule has 0 aromatic heterocycles. The highest BCUT2D eigenvalue weighted by Gasteiger charge is 2.22. The molecule has 1 N–H and O–H groups in total. The summed E-state index contributed by atoms with van der Waals surface area (Å²) in [4.78, 5) is 29.0. The molecule has 1 aliphatic rings. The van der Waals surface area contributed by atoms with Crippen LogP contribution in [0, 0.1) is 5.82 Å². The van der Waals surface area contributed by atoms with Crippen LogP contribution in [0.2, 0.25) is 0 Å². The van der Waals surface area contributed by atoms with E-state index >= 15 is 0 Å². The molecular weight excluding hydrogens is 361 g/mol. The van der Waals surface area contributed by atoms with E-state index in [2.05, 4.69) is 10.2 Å². The highest BCUT2D eigenvalue weighted by molar-refractivity contribution is 6.09. The zero-order valence-electron chi connectivity index (χ0n) is 15.9. The summed E-state index contributed by atoms with van der Waals surface area (Å²) in [6.07, 6.45) is 0. The Morgan fingerprint density at radius 2 is 1.82 bits per heavy atom. The fourth-order valence-electron chi connectivity index (χ4n) is 3.04. The highest BCUT2D eigenvalue weighted by atomic mass is 19.1. The minimum absolute atomic E-state index is 0.128. The molecule has 1 fully saturated rings. The van der Waals surface area contributed by atoms with E-state index in [1.165, 1.54) is 23.1 Å². The first-order valence-electron chi connectivity index (χ1n) is 9.27. The number of hydrogen-bond donors (Lipinski definition) is 1. The Kier molecular flexibility index (Phi) is 6.73. The molecule has 7 heteroatoms. The largest absolute Gasteiger partial charge is 0.379 e. The summed E-state index contributed by atoms with van der Waals surface area (Å²) in [5.41, 5.74) is 0.471. The van der Waals surface area contributed by atoms with Crippen LogP contribution in [0.15, 0.2) is 48.5 Å². The van der Waals surface area contributed by atoms with Crippen molar-refractivity contribution in [3.63, 3.8) is 0 Å². The molecule has 2 aromatic carbocycles. The number of rotatable bonds is 6. The van der Waals surface area contributed by atoms with Crippen LogP contribution in [0.5, 0.6) is 0 Å². The molecule has 0 bridgehead atoms. The molecule has 0 aliphatic carbocycles. The van der Waals surface area contributed by atoms with Gasteiger partial charge in [0, 0.05) is 38.8 Å². The van der Waals surface area contributed by atoms with E-state index in [9.17, 15) is 14.0 Å². The first-order valence-corrected chi connectivity index (χ1v) is 9.27. The number of nitrogens with one attached hydrogen (secondary N) is 1. The Morgan fingerprint density at radius 1 is 1.11 bits per heavy atom. The first-order chi connectivity index (χ1) is 13.6. The molecule has 28 heavy (non-hydrogen) atoms. The number of nitrogens with zero attached hydrogens (tertiary/aromatic N) is 2. The molecule has 1 heterocycles. The van der Waals surface area contributed by atoms with Gasteiger partial charge in [-0.15, -0.1) is 0 Å². The minimum atomic E-state index is -0.658. The van der Waals surface area contributed by atoms with Gasteiger partial charge in [-0.3, -0.25) is 14.5 Å². The van der Waals surface area contributed by atoms with Crippen molar-refractivity contribution in [1.29, 1.82) is 0 Å². The van der Waals surface area contributed by atoms with Gasteiger partial charge in [-0.2, -0.15) is 0 Å². The maximum absolute atomic E-state index is 14.5. The average Bonchev–Trinajstić information content (AvgIpc) is 2.73. The second-order valence-corrected chi connectivity index (χ2v) is 6.66. The summed E-state index contributed by atoms with van der Waals surface area (Å²) in [6, 6.07) is 12.8. The molecule has 148 valence electrons. The van der Waals surface area contributed by atoms with E-state index in [-0.39, 0.29) is 11.3 Å². The smallest absolute Gasteiger partial charge is 0.258 e. The SMILES string of the molecule is CN(CCN1CCOCC1)C(=O)c1c(F)cccc1NC(=O)c1ccccc1. The molecule has 3 rings (SSSR count). The van der Waals surface area contributed by atoms with Crippen LogP contribution in [0.25, 0.3) is 0 Å². The van der Waals surface area contributed by atoms with E-state index in [0.29, 0.717) is 31.9 Å². The van der Waals surface area contributed by atoms with Crippen LogP contribution in [-0.4, -0.2) is 68.1 Å². The van der Waals surface area contributed by atoms with E-state index in [0.717, 1.165) is 13.1 Å². The topological polar surface area (TPSA) is 61.9 Å². The molecule has 0 spiro atoms. The Balaban J connectivity index is 1.71. The second kappa shape index (κ2) is 9.43. The van der Waals surface area contributed by atoms with E-state index in [1.54, 1.807) is 37.4 Å². The number of anilines is 1. The van der Waals surface area contributed by atoms with Crippen molar-refractivity contribution in [2.45, 2.75) is 0 Å². The molecule has 2 amide bonds. The fraction of sp³-hybridized carbons (Fsp3) is 0.333. The van der Waals surface area contributed by atoms with Gasteiger partial charge in [0.1, 0.15) is 5.82 Å². The second-order valence-electron chi connectivity index (χ2n) is 6.66. The summed E-state index contributed by atoms with van der Waals surface area (Å²) < 4.78 is 19.8.